The van der Waals surface area contributed by atoms with Gasteiger partial charge < -0.3 is 10.6 Å². The number of piperidine rings is 1. The van der Waals surface area contributed by atoms with Crippen molar-refractivity contribution >= 4 is 33.2 Å². The number of carbonyl (C=O) groups excluding carboxylic acids is 2. The summed E-state index contributed by atoms with van der Waals surface area (Å²) in [5.74, 6) is -0.615. The molecule has 166 valence electrons. The molecule has 0 aromatic heterocycles. The fourth-order valence-corrected chi connectivity index (χ4v) is 4.96. The van der Waals surface area contributed by atoms with Gasteiger partial charge in [0.2, 0.25) is 15.9 Å². The quantitative estimate of drug-likeness (QED) is 0.727. The molecule has 31 heavy (non-hydrogen) atoms. The number of benzene rings is 2. The van der Waals surface area contributed by atoms with Gasteiger partial charge in [0, 0.05) is 29.8 Å². The summed E-state index contributed by atoms with van der Waals surface area (Å²) in [7, 11) is -3.70. The van der Waals surface area contributed by atoms with Crippen molar-refractivity contribution in [1.82, 2.24) is 4.31 Å². The molecule has 2 amide bonds. The number of nitrogens with zero attached hydrogens (tertiary/aromatic N) is 1. The Morgan fingerprint density at radius 1 is 0.903 bits per heavy atom. The molecule has 1 aliphatic heterocycles. The van der Waals surface area contributed by atoms with E-state index in [1.165, 1.54) is 10.4 Å². The number of nitrogens with one attached hydrogen (secondary N) is 2. The second-order valence-electron chi connectivity index (χ2n) is 8.70. The van der Waals surface area contributed by atoms with Gasteiger partial charge in [0.1, 0.15) is 4.90 Å². The number of anilines is 2. The summed E-state index contributed by atoms with van der Waals surface area (Å²) in [5.41, 5.74) is 0.487. The van der Waals surface area contributed by atoms with E-state index in [0.717, 1.165) is 19.3 Å². The number of hydrogen-bond acceptors (Lipinski definition) is 4. The summed E-state index contributed by atoms with van der Waals surface area (Å²) in [6.45, 7) is 6.38. The van der Waals surface area contributed by atoms with Crippen molar-refractivity contribution in [2.75, 3.05) is 23.7 Å². The molecule has 0 atom stereocenters. The van der Waals surface area contributed by atoms with Crippen molar-refractivity contribution in [2.24, 2.45) is 5.41 Å². The zero-order chi connectivity index (χ0) is 22.6. The molecule has 7 nitrogen and oxygen atoms in total. The van der Waals surface area contributed by atoms with Gasteiger partial charge in [-0.1, -0.05) is 45.4 Å². The monoisotopic (exact) mass is 443 g/mol. The van der Waals surface area contributed by atoms with E-state index in [2.05, 4.69) is 10.6 Å². The molecule has 0 spiro atoms. The van der Waals surface area contributed by atoms with Crippen molar-refractivity contribution < 1.29 is 18.0 Å². The average Bonchev–Trinajstić information content (AvgIpc) is 2.74. The molecule has 1 heterocycles. The Morgan fingerprint density at radius 2 is 1.58 bits per heavy atom. The zero-order valence-corrected chi connectivity index (χ0v) is 19.0. The number of sulfonamides is 1. The molecular weight excluding hydrogens is 414 g/mol. The molecule has 1 saturated heterocycles. The highest BCUT2D eigenvalue weighted by Crippen LogP contribution is 2.27. The maximum Gasteiger partial charge on any atom is 0.255 e. The van der Waals surface area contributed by atoms with Crippen LogP contribution in [0.1, 0.15) is 50.4 Å². The first-order valence-corrected chi connectivity index (χ1v) is 11.8. The van der Waals surface area contributed by atoms with Gasteiger partial charge in [-0.05, 0) is 43.2 Å². The van der Waals surface area contributed by atoms with Crippen LogP contribution in [-0.4, -0.2) is 37.6 Å². The Kier molecular flexibility index (Phi) is 6.81. The van der Waals surface area contributed by atoms with E-state index < -0.39 is 21.3 Å². The molecule has 2 N–H and O–H groups in total. The summed E-state index contributed by atoms with van der Waals surface area (Å²) in [4.78, 5) is 25.2. The van der Waals surface area contributed by atoms with Gasteiger partial charge in [0.15, 0.2) is 0 Å². The fraction of sp³-hybridized carbons (Fsp3) is 0.391. The summed E-state index contributed by atoms with van der Waals surface area (Å²) in [6.07, 6.45) is 2.69. The van der Waals surface area contributed by atoms with Crippen LogP contribution in [0.4, 0.5) is 11.4 Å². The number of hydrogen-bond donors (Lipinski definition) is 2. The molecule has 1 aliphatic rings. The lowest BCUT2D eigenvalue weighted by Gasteiger charge is -2.26. The van der Waals surface area contributed by atoms with Gasteiger partial charge in [-0.25, -0.2) is 8.42 Å². The molecule has 0 aliphatic carbocycles. The summed E-state index contributed by atoms with van der Waals surface area (Å²) >= 11 is 0. The normalized spacial score (nSPS) is 15.3. The number of amides is 2. The third-order valence-electron chi connectivity index (χ3n) is 5.13. The largest absolute Gasteiger partial charge is 0.326 e. The predicted molar refractivity (Wildman–Crippen MR) is 122 cm³/mol. The Balaban J connectivity index is 1.82. The van der Waals surface area contributed by atoms with Gasteiger partial charge in [-0.3, -0.25) is 9.59 Å². The minimum atomic E-state index is -3.70. The topological polar surface area (TPSA) is 95.6 Å². The van der Waals surface area contributed by atoms with Crippen LogP contribution < -0.4 is 10.6 Å². The Bertz CT molecular complexity index is 1070. The molecule has 1 fully saturated rings. The van der Waals surface area contributed by atoms with Gasteiger partial charge >= 0.3 is 0 Å². The maximum atomic E-state index is 13.1. The van der Waals surface area contributed by atoms with Crippen molar-refractivity contribution in [1.29, 1.82) is 0 Å². The van der Waals surface area contributed by atoms with Gasteiger partial charge in [-0.2, -0.15) is 4.31 Å². The molecular formula is C23H29N3O4S. The van der Waals surface area contributed by atoms with E-state index in [1.54, 1.807) is 63.2 Å². The predicted octanol–water partition coefficient (Wildman–Crippen LogP) is 4.10. The average molecular weight is 444 g/mol. The highest BCUT2D eigenvalue weighted by atomic mass is 32.2. The lowest BCUT2D eigenvalue weighted by atomic mass is 9.95. The van der Waals surface area contributed by atoms with Crippen LogP contribution >= 0.6 is 0 Å². The first-order valence-electron chi connectivity index (χ1n) is 10.4. The number of para-hydroxylation sites is 1. The Morgan fingerprint density at radius 3 is 2.26 bits per heavy atom. The second kappa shape index (κ2) is 9.20. The molecule has 2 aromatic rings. The van der Waals surface area contributed by atoms with Gasteiger partial charge in [-0.15, -0.1) is 0 Å². The van der Waals surface area contributed by atoms with E-state index in [0.29, 0.717) is 24.3 Å². The van der Waals surface area contributed by atoms with Crippen molar-refractivity contribution in [3.8, 4) is 0 Å². The van der Waals surface area contributed by atoms with E-state index >= 15 is 0 Å². The molecule has 0 saturated carbocycles. The van der Waals surface area contributed by atoms with Crippen molar-refractivity contribution in [2.45, 2.75) is 44.9 Å². The van der Waals surface area contributed by atoms with Crippen LogP contribution in [0.2, 0.25) is 0 Å². The van der Waals surface area contributed by atoms with Crippen LogP contribution in [0.5, 0.6) is 0 Å². The molecule has 3 rings (SSSR count). The third-order valence-corrected chi connectivity index (χ3v) is 7.09. The van der Waals surface area contributed by atoms with Crippen LogP contribution in [0.15, 0.2) is 53.4 Å². The smallest absolute Gasteiger partial charge is 0.255 e. The second-order valence-corrected chi connectivity index (χ2v) is 10.6. The first-order chi connectivity index (χ1) is 14.6. The SMILES string of the molecule is CC(C)(C)C(=O)Nc1cccc(C(=O)Nc2ccccc2S(=O)(=O)N2CCCCC2)c1. The molecule has 2 aromatic carbocycles. The third kappa shape index (κ3) is 5.51. The Labute approximate surface area is 183 Å². The van der Waals surface area contributed by atoms with E-state index in [-0.39, 0.29) is 16.5 Å². The van der Waals surface area contributed by atoms with Gasteiger partial charge in [0.25, 0.3) is 5.91 Å². The van der Waals surface area contributed by atoms with Crippen molar-refractivity contribution in [3.05, 3.63) is 54.1 Å². The van der Waals surface area contributed by atoms with Crippen LogP contribution in [0, 0.1) is 5.41 Å². The maximum absolute atomic E-state index is 13.1. The zero-order valence-electron chi connectivity index (χ0n) is 18.1. The van der Waals surface area contributed by atoms with E-state index in [4.69, 9.17) is 0 Å². The highest BCUT2D eigenvalue weighted by Gasteiger charge is 2.28. The van der Waals surface area contributed by atoms with E-state index in [9.17, 15) is 18.0 Å². The highest BCUT2D eigenvalue weighted by molar-refractivity contribution is 7.89. The van der Waals surface area contributed by atoms with Crippen LogP contribution in [0.25, 0.3) is 0 Å². The number of carbonyl (C=O) groups is 2. The van der Waals surface area contributed by atoms with Crippen LogP contribution in [0.3, 0.4) is 0 Å². The Hall–Kier alpha value is -2.71. The molecule has 0 unspecified atom stereocenters. The van der Waals surface area contributed by atoms with E-state index in [1.807, 2.05) is 0 Å². The van der Waals surface area contributed by atoms with Gasteiger partial charge in [0.05, 0.1) is 5.69 Å². The standard InChI is InChI=1S/C23H29N3O4S/c1-23(2,3)22(28)24-18-11-9-10-17(16-18)21(27)25-19-12-5-6-13-20(19)31(29,30)26-14-7-4-8-15-26/h5-6,9-13,16H,4,7-8,14-15H2,1-3H3,(H,24,28)(H,25,27). The lowest BCUT2D eigenvalue weighted by molar-refractivity contribution is -0.123. The minimum absolute atomic E-state index is 0.0856. The summed E-state index contributed by atoms with van der Waals surface area (Å²) in [5, 5.41) is 5.52. The fourth-order valence-electron chi connectivity index (χ4n) is 3.29. The van der Waals surface area contributed by atoms with Crippen LogP contribution in [-0.2, 0) is 14.8 Å². The lowest BCUT2D eigenvalue weighted by Crippen LogP contribution is -2.36. The molecule has 0 bridgehead atoms. The number of rotatable bonds is 5. The molecule has 8 heteroatoms. The summed E-state index contributed by atoms with van der Waals surface area (Å²) in [6, 6.07) is 13.0. The first kappa shape index (κ1) is 23.0. The van der Waals surface area contributed by atoms with Crippen molar-refractivity contribution in [3.63, 3.8) is 0 Å². The minimum Gasteiger partial charge on any atom is -0.326 e. The summed E-state index contributed by atoms with van der Waals surface area (Å²) < 4.78 is 27.7. The molecule has 0 radical (unpaired) electrons.